The van der Waals surface area contributed by atoms with Gasteiger partial charge in [-0.05, 0) is 8.55 Å². The fraction of sp³-hybridized carbons (Fsp3) is 0. The molecule has 0 aliphatic rings. The van der Waals surface area contributed by atoms with Crippen molar-refractivity contribution in [2.24, 2.45) is 0 Å². The molecule has 0 saturated carbocycles. The van der Waals surface area contributed by atoms with Gasteiger partial charge in [-0.15, -0.1) is 0 Å². The van der Waals surface area contributed by atoms with E-state index in [2.05, 4.69) is 0 Å². The van der Waals surface area contributed by atoms with Crippen LogP contribution in [0.4, 0.5) is 4.20 Å². The van der Waals surface area contributed by atoms with Crippen LogP contribution in [0.25, 0.3) is 0 Å². The summed E-state index contributed by atoms with van der Waals surface area (Å²) >= 11 is 1.91. The first kappa shape index (κ1) is 5.44. The van der Waals surface area contributed by atoms with Crippen molar-refractivity contribution in [3.8, 4) is 0 Å². The molecule has 0 amide bonds. The highest BCUT2D eigenvalue weighted by Crippen LogP contribution is 2.36. The van der Waals surface area contributed by atoms with Gasteiger partial charge in [-0.2, -0.15) is 0 Å². The van der Waals surface area contributed by atoms with Crippen molar-refractivity contribution in [2.45, 2.75) is 0 Å². The quantitative estimate of drug-likeness (QED) is 0.473. The van der Waals surface area contributed by atoms with E-state index < -0.39 is 8.09 Å². The first-order valence-corrected chi connectivity index (χ1v) is 5.51. The van der Waals surface area contributed by atoms with Gasteiger partial charge in [-0.3, -0.25) is 0 Å². The highest BCUT2D eigenvalue weighted by molar-refractivity contribution is 14.2. The highest BCUT2D eigenvalue weighted by Gasteiger charge is 1.63. The van der Waals surface area contributed by atoms with Crippen molar-refractivity contribution in [2.75, 3.05) is 0 Å². The van der Waals surface area contributed by atoms with E-state index in [1.807, 2.05) is 21.2 Å². The summed E-state index contributed by atoms with van der Waals surface area (Å²) in [7, 11) is 0.731. The third kappa shape index (κ3) is 3.44. The van der Waals surface area contributed by atoms with Crippen LogP contribution in [0.15, 0.2) is 0 Å². The van der Waals surface area contributed by atoms with Gasteiger partial charge in [0.25, 0.3) is 0 Å². The lowest BCUT2D eigenvalue weighted by atomic mass is 18.9. The van der Waals surface area contributed by atoms with Gasteiger partial charge in [0.1, 0.15) is 8.09 Å². The standard InChI is InChI=1S/FHIPS/c1-3-4-2/h3H. The predicted octanol–water partition coefficient (Wildman–Crippen LogP) is 2.55. The van der Waals surface area contributed by atoms with Crippen LogP contribution < -0.4 is 0 Å². The largest absolute Gasteiger partial charge is 0.218 e. The van der Waals surface area contributed by atoms with Gasteiger partial charge >= 0.3 is 0 Å². The van der Waals surface area contributed by atoms with E-state index in [1.54, 1.807) is 0 Å². The number of rotatable bonds is 1. The molecule has 4 heteroatoms. The van der Waals surface area contributed by atoms with Crippen molar-refractivity contribution in [1.82, 2.24) is 0 Å². The van der Waals surface area contributed by atoms with Crippen molar-refractivity contribution in [1.29, 1.82) is 0 Å². The summed E-state index contributed by atoms with van der Waals surface area (Å²) in [6.45, 7) is 0. The Balaban J connectivity index is 1.97. The lowest BCUT2D eigenvalue weighted by Crippen LogP contribution is -0.902. The van der Waals surface area contributed by atoms with Crippen LogP contribution in [-0.4, -0.2) is 0 Å². The average Bonchev–Trinajstić information content (AvgIpc) is 1.37. The minimum Gasteiger partial charge on any atom is -0.218 e. The molecule has 0 aromatic rings. The molecule has 0 nitrogen and oxygen atoms in total. The third-order valence-corrected chi connectivity index (χ3v) is 1.76. The van der Waals surface area contributed by atoms with Gasteiger partial charge in [0.15, 0.2) is 0 Å². The van der Waals surface area contributed by atoms with Crippen molar-refractivity contribution >= 4 is 37.9 Å². The molecule has 26 valence electrons. The van der Waals surface area contributed by atoms with E-state index in [4.69, 9.17) is 0 Å². The third-order valence-electron chi connectivity index (χ3n) is 0.0292. The van der Waals surface area contributed by atoms with E-state index in [-0.39, 0.29) is 0 Å². The Labute approximate surface area is 42.2 Å². The minimum atomic E-state index is -0.456. The summed E-state index contributed by atoms with van der Waals surface area (Å²) in [6.07, 6.45) is 0. The monoisotopic (exact) mass is 210 g/mol. The first-order chi connectivity index (χ1) is 1.91. The molecule has 0 aromatic heterocycles. The Morgan fingerprint density at radius 2 is 2.25 bits per heavy atom. The summed E-state index contributed by atoms with van der Waals surface area (Å²) in [6, 6.07) is 0. The van der Waals surface area contributed by atoms with Gasteiger partial charge in [0.05, 0.1) is 0 Å². The Bertz CT molecular complexity index is 10.0. The topological polar surface area (TPSA) is 0 Å². The molecule has 1 atom stereocenters. The number of hydrogen-bond acceptors (Lipinski definition) is 1. The molecule has 0 radical (unpaired) electrons. The fourth-order valence-electron chi connectivity index (χ4n) is 0. The van der Waals surface area contributed by atoms with Crippen LogP contribution in [0, 0.1) is 0 Å². The molecular formula is HFIPS. The summed E-state index contributed by atoms with van der Waals surface area (Å²) in [5.74, 6) is 0. The molecule has 0 N–H and O–H groups in total. The summed E-state index contributed by atoms with van der Waals surface area (Å²) < 4.78 is 10.7. The Hall–Kier alpha value is 1.44. The fourth-order valence-corrected chi connectivity index (χ4v) is 0. The molecule has 0 rings (SSSR count). The van der Waals surface area contributed by atoms with Crippen LogP contribution in [0.2, 0.25) is 0 Å². The van der Waals surface area contributed by atoms with Crippen LogP contribution in [0.1, 0.15) is 0 Å². The predicted molar refractivity (Wildman–Crippen MR) is 31.0 cm³/mol. The van der Waals surface area contributed by atoms with Crippen LogP contribution in [0.5, 0.6) is 0 Å². The van der Waals surface area contributed by atoms with Crippen molar-refractivity contribution in [3.05, 3.63) is 0 Å². The van der Waals surface area contributed by atoms with E-state index in [0.29, 0.717) is 0 Å². The van der Waals surface area contributed by atoms with Gasteiger partial charge in [0.2, 0.25) is 0 Å². The lowest BCUT2D eigenvalue weighted by Gasteiger charge is -1.61. The zero-order valence-electron chi connectivity index (χ0n) is 1.66. The molecule has 0 spiro atoms. The SMILES string of the molecule is FPSI. The smallest absolute Gasteiger partial charge is 0.137 e. The summed E-state index contributed by atoms with van der Waals surface area (Å²) in [5.41, 5.74) is 0. The lowest BCUT2D eigenvalue weighted by molar-refractivity contribution is 0.937. The molecule has 1 unspecified atom stereocenters. The summed E-state index contributed by atoms with van der Waals surface area (Å²) in [5, 5.41) is 0. The maximum absolute atomic E-state index is 10.7. The van der Waals surface area contributed by atoms with Crippen LogP contribution >= 0.6 is 37.9 Å². The Morgan fingerprint density at radius 1 is 2.00 bits per heavy atom. The highest BCUT2D eigenvalue weighted by atomic mass is 127. The maximum atomic E-state index is 10.7. The molecule has 0 aliphatic carbocycles. The van der Waals surface area contributed by atoms with Crippen molar-refractivity contribution < 1.29 is 4.20 Å². The second kappa shape index (κ2) is 4.44. The molecule has 0 heterocycles. The Kier molecular flexibility index (Phi) is 6.04. The number of halogens is 2. The zero-order valence-corrected chi connectivity index (χ0v) is 5.64. The molecule has 0 bridgehead atoms. The zero-order chi connectivity index (χ0) is 3.41. The molecule has 0 aromatic carbocycles. The van der Waals surface area contributed by atoms with Gasteiger partial charge < -0.3 is 0 Å². The minimum absolute atomic E-state index is 0.456. The molecular weight excluding hydrogens is 209 g/mol. The van der Waals surface area contributed by atoms with E-state index >= 15 is 0 Å². The summed E-state index contributed by atoms with van der Waals surface area (Å²) in [4.78, 5) is 0. The van der Waals surface area contributed by atoms with Gasteiger partial charge in [-0.1, -0.05) is 0 Å². The van der Waals surface area contributed by atoms with E-state index in [9.17, 15) is 4.20 Å². The molecule has 0 aliphatic heterocycles. The van der Waals surface area contributed by atoms with E-state index in [1.165, 1.54) is 8.55 Å². The molecule has 4 heavy (non-hydrogen) atoms. The van der Waals surface area contributed by atoms with Crippen molar-refractivity contribution in [3.63, 3.8) is 0 Å². The molecule has 0 fully saturated rings. The maximum Gasteiger partial charge on any atom is 0.137 e. The molecule has 0 saturated heterocycles. The second-order valence-corrected chi connectivity index (χ2v) is 5.35. The average molecular weight is 210 g/mol. The van der Waals surface area contributed by atoms with E-state index in [0.717, 1.165) is 0 Å². The van der Waals surface area contributed by atoms with Gasteiger partial charge in [0, 0.05) is 21.2 Å². The van der Waals surface area contributed by atoms with Gasteiger partial charge in [-0.25, -0.2) is 4.20 Å². The number of hydrogen-bond donors (Lipinski definition) is 0. The normalized spacial score (nSPS) is 10.5. The van der Waals surface area contributed by atoms with Crippen LogP contribution in [-0.2, 0) is 0 Å². The Morgan fingerprint density at radius 3 is 2.25 bits per heavy atom. The van der Waals surface area contributed by atoms with Crippen LogP contribution in [0.3, 0.4) is 0 Å². The second-order valence-electron chi connectivity index (χ2n) is 0.154. The first-order valence-electron chi connectivity index (χ1n) is 0.547.